The molecule has 0 spiro atoms. The Morgan fingerprint density at radius 3 is 2.43 bits per heavy atom. The number of amides is 2. The summed E-state index contributed by atoms with van der Waals surface area (Å²) in [6.07, 6.45) is 8.59. The molecule has 2 rings (SSSR count). The molecule has 21 heavy (non-hydrogen) atoms. The van der Waals surface area contributed by atoms with Crippen LogP contribution < -0.4 is 5.32 Å². The first-order valence-corrected chi connectivity index (χ1v) is 8.72. The van der Waals surface area contributed by atoms with Crippen LogP contribution in [0.3, 0.4) is 0 Å². The van der Waals surface area contributed by atoms with Gasteiger partial charge in [-0.1, -0.05) is 39.5 Å². The molecule has 0 aromatic carbocycles. The third-order valence-electron chi connectivity index (χ3n) is 5.24. The third-order valence-corrected chi connectivity index (χ3v) is 5.24. The Bertz CT molecular complexity index is 377. The van der Waals surface area contributed by atoms with E-state index in [4.69, 9.17) is 0 Å². The number of hydrogen-bond donors (Lipinski definition) is 1. The van der Waals surface area contributed by atoms with Gasteiger partial charge in [0.05, 0.1) is 0 Å². The zero-order valence-corrected chi connectivity index (χ0v) is 13.7. The topological polar surface area (TPSA) is 49.4 Å². The molecule has 120 valence electrons. The molecule has 2 fully saturated rings. The molecular formula is C17H30N2O2. The molecule has 0 bridgehead atoms. The van der Waals surface area contributed by atoms with E-state index in [1.165, 1.54) is 32.1 Å². The van der Waals surface area contributed by atoms with Crippen molar-refractivity contribution in [2.45, 2.75) is 90.3 Å². The Kier molecular flexibility index (Phi) is 5.65. The maximum atomic E-state index is 12.8. The third kappa shape index (κ3) is 3.41. The summed E-state index contributed by atoms with van der Waals surface area (Å²) in [5.41, 5.74) is 0. The summed E-state index contributed by atoms with van der Waals surface area (Å²) in [6, 6.07) is -0.396. The Hall–Kier alpha value is -1.06. The molecule has 1 saturated carbocycles. The highest BCUT2D eigenvalue weighted by Gasteiger charge is 2.43. The lowest BCUT2D eigenvalue weighted by Gasteiger charge is -2.45. The molecule has 1 aliphatic heterocycles. The fourth-order valence-electron chi connectivity index (χ4n) is 3.98. The predicted octanol–water partition coefficient (Wildman–Crippen LogP) is 2.86. The van der Waals surface area contributed by atoms with Crippen molar-refractivity contribution < 1.29 is 9.59 Å². The van der Waals surface area contributed by atoms with E-state index >= 15 is 0 Å². The molecule has 4 heteroatoms. The summed E-state index contributed by atoms with van der Waals surface area (Å²) in [6.45, 7) is 6.21. The van der Waals surface area contributed by atoms with E-state index in [2.05, 4.69) is 19.2 Å². The largest absolute Gasteiger partial charge is 0.343 e. The van der Waals surface area contributed by atoms with Gasteiger partial charge in [0.1, 0.15) is 12.1 Å². The van der Waals surface area contributed by atoms with Crippen LogP contribution in [-0.4, -0.2) is 34.8 Å². The normalized spacial score (nSPS) is 29.4. The van der Waals surface area contributed by atoms with Crippen LogP contribution >= 0.6 is 0 Å². The van der Waals surface area contributed by atoms with E-state index in [0.717, 1.165) is 12.8 Å². The van der Waals surface area contributed by atoms with Gasteiger partial charge in [-0.2, -0.15) is 0 Å². The SMILES string of the molecule is CCCC1NC(=O)C(CC)N(C(C)C2CCCCC2)C1=O. The number of hydrogen-bond acceptors (Lipinski definition) is 2. The van der Waals surface area contributed by atoms with E-state index in [-0.39, 0.29) is 29.9 Å². The van der Waals surface area contributed by atoms with Crippen LogP contribution in [0.25, 0.3) is 0 Å². The second-order valence-electron chi connectivity index (χ2n) is 6.66. The summed E-state index contributed by atoms with van der Waals surface area (Å²) >= 11 is 0. The minimum Gasteiger partial charge on any atom is -0.343 e. The van der Waals surface area contributed by atoms with Crippen molar-refractivity contribution in [3.8, 4) is 0 Å². The first-order chi connectivity index (χ1) is 10.1. The number of piperazine rings is 1. The lowest BCUT2D eigenvalue weighted by Crippen LogP contribution is -2.66. The van der Waals surface area contributed by atoms with E-state index in [9.17, 15) is 9.59 Å². The molecule has 3 atom stereocenters. The quantitative estimate of drug-likeness (QED) is 0.847. The number of carbonyl (C=O) groups is 2. The Labute approximate surface area is 128 Å². The molecule has 1 heterocycles. The van der Waals surface area contributed by atoms with Gasteiger partial charge in [-0.3, -0.25) is 9.59 Å². The van der Waals surface area contributed by atoms with Crippen molar-refractivity contribution >= 4 is 11.8 Å². The summed E-state index contributed by atoms with van der Waals surface area (Å²) in [5.74, 6) is 0.740. The Morgan fingerprint density at radius 1 is 1.19 bits per heavy atom. The van der Waals surface area contributed by atoms with Crippen molar-refractivity contribution in [3.05, 3.63) is 0 Å². The number of rotatable bonds is 5. The minimum absolute atomic E-state index is 0.0400. The molecule has 1 N–H and O–H groups in total. The molecule has 0 aromatic heterocycles. The van der Waals surface area contributed by atoms with E-state index in [1.54, 1.807) is 0 Å². The van der Waals surface area contributed by atoms with Crippen LogP contribution in [0.1, 0.15) is 72.1 Å². The maximum Gasteiger partial charge on any atom is 0.246 e. The average Bonchev–Trinajstić information content (AvgIpc) is 2.50. The van der Waals surface area contributed by atoms with Gasteiger partial charge < -0.3 is 10.2 Å². The fourth-order valence-corrected chi connectivity index (χ4v) is 3.98. The van der Waals surface area contributed by atoms with Gasteiger partial charge in [-0.25, -0.2) is 0 Å². The summed E-state index contributed by atoms with van der Waals surface area (Å²) in [4.78, 5) is 27.1. The van der Waals surface area contributed by atoms with E-state index < -0.39 is 0 Å². The lowest BCUT2D eigenvalue weighted by molar-refractivity contribution is -0.153. The van der Waals surface area contributed by atoms with Crippen molar-refractivity contribution in [2.75, 3.05) is 0 Å². The van der Waals surface area contributed by atoms with Crippen molar-refractivity contribution in [1.82, 2.24) is 10.2 Å². The van der Waals surface area contributed by atoms with Gasteiger partial charge in [0.15, 0.2) is 0 Å². The van der Waals surface area contributed by atoms with E-state index in [1.807, 2.05) is 11.8 Å². The monoisotopic (exact) mass is 294 g/mol. The zero-order chi connectivity index (χ0) is 15.4. The Balaban J connectivity index is 2.17. The molecule has 2 amide bonds. The van der Waals surface area contributed by atoms with Crippen molar-refractivity contribution in [3.63, 3.8) is 0 Å². The lowest BCUT2D eigenvalue weighted by atomic mass is 9.82. The molecule has 0 radical (unpaired) electrons. The molecule has 4 nitrogen and oxygen atoms in total. The maximum absolute atomic E-state index is 12.8. The number of nitrogens with one attached hydrogen (secondary N) is 1. The standard InChI is InChI=1S/C17H30N2O2/c1-4-9-14-17(21)19(15(5-2)16(20)18-14)12(3)13-10-7-6-8-11-13/h12-15H,4-11H2,1-3H3,(H,18,20). The highest BCUT2D eigenvalue weighted by Crippen LogP contribution is 2.31. The van der Waals surface area contributed by atoms with Crippen LogP contribution in [0.15, 0.2) is 0 Å². The van der Waals surface area contributed by atoms with Crippen LogP contribution in [0.5, 0.6) is 0 Å². The number of nitrogens with zero attached hydrogens (tertiary/aromatic N) is 1. The first-order valence-electron chi connectivity index (χ1n) is 8.72. The number of carbonyl (C=O) groups excluding carboxylic acids is 2. The summed E-state index contributed by atoms with van der Waals surface area (Å²) < 4.78 is 0. The van der Waals surface area contributed by atoms with Gasteiger partial charge in [0.2, 0.25) is 11.8 Å². The highest BCUT2D eigenvalue weighted by molar-refractivity contribution is 5.97. The molecule has 3 unspecified atom stereocenters. The summed E-state index contributed by atoms with van der Waals surface area (Å²) in [7, 11) is 0. The van der Waals surface area contributed by atoms with Gasteiger partial charge in [-0.15, -0.1) is 0 Å². The van der Waals surface area contributed by atoms with Gasteiger partial charge in [0.25, 0.3) is 0 Å². The molecular weight excluding hydrogens is 264 g/mol. The smallest absolute Gasteiger partial charge is 0.246 e. The van der Waals surface area contributed by atoms with Crippen molar-refractivity contribution in [2.24, 2.45) is 5.92 Å². The van der Waals surface area contributed by atoms with Crippen LogP contribution in [-0.2, 0) is 9.59 Å². The average molecular weight is 294 g/mol. The second-order valence-corrected chi connectivity index (χ2v) is 6.66. The first kappa shape index (κ1) is 16.3. The molecule has 0 aromatic rings. The van der Waals surface area contributed by atoms with E-state index in [0.29, 0.717) is 12.3 Å². The molecule has 1 aliphatic carbocycles. The van der Waals surface area contributed by atoms with Gasteiger partial charge in [0, 0.05) is 6.04 Å². The highest BCUT2D eigenvalue weighted by atomic mass is 16.2. The van der Waals surface area contributed by atoms with Gasteiger partial charge >= 0.3 is 0 Å². The molecule has 2 aliphatic rings. The van der Waals surface area contributed by atoms with Crippen LogP contribution in [0, 0.1) is 5.92 Å². The predicted molar refractivity (Wildman–Crippen MR) is 83.8 cm³/mol. The zero-order valence-electron chi connectivity index (χ0n) is 13.7. The van der Waals surface area contributed by atoms with Crippen LogP contribution in [0.4, 0.5) is 0 Å². The van der Waals surface area contributed by atoms with Crippen LogP contribution in [0.2, 0.25) is 0 Å². The second kappa shape index (κ2) is 7.28. The minimum atomic E-state index is -0.309. The molecule has 1 saturated heterocycles. The van der Waals surface area contributed by atoms with Gasteiger partial charge in [-0.05, 0) is 38.5 Å². The fraction of sp³-hybridized carbons (Fsp3) is 0.882. The van der Waals surface area contributed by atoms with Crippen molar-refractivity contribution in [1.29, 1.82) is 0 Å². The Morgan fingerprint density at radius 2 is 1.86 bits per heavy atom. The summed E-state index contributed by atoms with van der Waals surface area (Å²) in [5, 5.41) is 2.93.